The highest BCUT2D eigenvalue weighted by Crippen LogP contribution is 2.37. The van der Waals surface area contributed by atoms with Crippen molar-refractivity contribution in [2.24, 2.45) is 0 Å². The van der Waals surface area contributed by atoms with Gasteiger partial charge in [0.25, 0.3) is 5.91 Å². The molecule has 0 aliphatic heterocycles. The molecule has 0 unspecified atom stereocenters. The highest BCUT2D eigenvalue weighted by molar-refractivity contribution is 9.09. The lowest BCUT2D eigenvalue weighted by atomic mass is 10.1. The van der Waals surface area contributed by atoms with Gasteiger partial charge in [0.2, 0.25) is 0 Å². The summed E-state index contributed by atoms with van der Waals surface area (Å²) in [4.78, 5) is 11.9. The minimum Gasteiger partial charge on any atom is -0.507 e. The normalized spacial score (nSPS) is 16.9. The Morgan fingerprint density at radius 1 is 1.56 bits per heavy atom. The molecule has 1 amide bonds. The zero-order valence-corrected chi connectivity index (χ0v) is 10.7. The molecule has 0 spiro atoms. The summed E-state index contributed by atoms with van der Waals surface area (Å²) in [5, 5.41) is 13.5. The lowest BCUT2D eigenvalue weighted by Crippen LogP contribution is -2.38. The van der Waals surface area contributed by atoms with Crippen molar-refractivity contribution in [2.75, 3.05) is 5.33 Å². The van der Waals surface area contributed by atoms with Crippen LogP contribution in [0, 0.1) is 6.92 Å². The van der Waals surface area contributed by atoms with Crippen LogP contribution < -0.4 is 5.32 Å². The second-order valence-electron chi connectivity index (χ2n) is 4.34. The average molecular weight is 284 g/mol. The van der Waals surface area contributed by atoms with Crippen molar-refractivity contribution in [3.8, 4) is 5.75 Å². The first-order valence-corrected chi connectivity index (χ1v) is 6.37. The second-order valence-corrected chi connectivity index (χ2v) is 4.90. The molecule has 86 valence electrons. The third-order valence-electron chi connectivity index (χ3n) is 2.97. The van der Waals surface area contributed by atoms with Crippen molar-refractivity contribution in [3.63, 3.8) is 0 Å². The van der Waals surface area contributed by atoms with Crippen molar-refractivity contribution in [3.05, 3.63) is 29.3 Å². The monoisotopic (exact) mass is 283 g/mol. The Morgan fingerprint density at radius 2 is 2.25 bits per heavy atom. The van der Waals surface area contributed by atoms with Crippen LogP contribution in [0.3, 0.4) is 0 Å². The molecule has 1 fully saturated rings. The molecule has 0 radical (unpaired) electrons. The molecular formula is C12H14BrNO2. The average Bonchev–Trinajstić information content (AvgIpc) is 3.02. The van der Waals surface area contributed by atoms with E-state index in [4.69, 9.17) is 0 Å². The molecule has 0 atom stereocenters. The number of hydrogen-bond donors (Lipinski definition) is 2. The van der Waals surface area contributed by atoms with E-state index in [-0.39, 0.29) is 17.2 Å². The van der Waals surface area contributed by atoms with Gasteiger partial charge in [0.15, 0.2) is 0 Å². The summed E-state index contributed by atoms with van der Waals surface area (Å²) in [5.74, 6) is -0.122. The number of phenolic OH excluding ortho intramolecular Hbond substituents is 1. The summed E-state index contributed by atoms with van der Waals surface area (Å²) < 4.78 is 0. The van der Waals surface area contributed by atoms with Crippen LogP contribution in [0.5, 0.6) is 5.75 Å². The maximum absolute atomic E-state index is 11.9. The topological polar surface area (TPSA) is 49.3 Å². The van der Waals surface area contributed by atoms with Crippen molar-refractivity contribution < 1.29 is 9.90 Å². The van der Waals surface area contributed by atoms with E-state index in [1.165, 1.54) is 0 Å². The molecule has 1 saturated carbocycles. The molecule has 0 bridgehead atoms. The summed E-state index contributed by atoms with van der Waals surface area (Å²) in [6.45, 7) is 1.78. The van der Waals surface area contributed by atoms with E-state index in [0.717, 1.165) is 23.7 Å². The van der Waals surface area contributed by atoms with E-state index in [1.807, 2.05) is 0 Å². The number of hydrogen-bond acceptors (Lipinski definition) is 2. The summed E-state index contributed by atoms with van der Waals surface area (Å²) in [5.41, 5.74) is 0.983. The molecule has 2 rings (SSSR count). The van der Waals surface area contributed by atoms with Crippen LogP contribution in [0.1, 0.15) is 28.8 Å². The van der Waals surface area contributed by atoms with Crippen molar-refractivity contribution in [1.82, 2.24) is 5.32 Å². The van der Waals surface area contributed by atoms with Crippen LogP contribution in [0.25, 0.3) is 0 Å². The van der Waals surface area contributed by atoms with Gasteiger partial charge in [-0.15, -0.1) is 0 Å². The number of nitrogens with one attached hydrogen (secondary N) is 1. The van der Waals surface area contributed by atoms with Crippen LogP contribution in [0.15, 0.2) is 18.2 Å². The second kappa shape index (κ2) is 4.09. The van der Waals surface area contributed by atoms with Gasteiger partial charge in [-0.25, -0.2) is 0 Å². The lowest BCUT2D eigenvalue weighted by Gasteiger charge is -2.15. The molecule has 1 aromatic rings. The first kappa shape index (κ1) is 11.5. The highest BCUT2D eigenvalue weighted by atomic mass is 79.9. The first-order chi connectivity index (χ1) is 7.58. The Hall–Kier alpha value is -1.03. The van der Waals surface area contributed by atoms with E-state index in [2.05, 4.69) is 21.2 Å². The molecule has 3 nitrogen and oxygen atoms in total. The number of phenols is 1. The number of rotatable bonds is 3. The van der Waals surface area contributed by atoms with Crippen molar-refractivity contribution in [2.45, 2.75) is 25.3 Å². The van der Waals surface area contributed by atoms with E-state index < -0.39 is 0 Å². The van der Waals surface area contributed by atoms with E-state index in [9.17, 15) is 9.90 Å². The van der Waals surface area contributed by atoms with Gasteiger partial charge in [0.05, 0.1) is 11.1 Å². The third kappa shape index (κ3) is 2.07. The van der Waals surface area contributed by atoms with Gasteiger partial charge in [-0.1, -0.05) is 28.1 Å². The molecule has 0 saturated heterocycles. The Kier molecular flexibility index (Phi) is 2.93. The van der Waals surface area contributed by atoms with Gasteiger partial charge < -0.3 is 10.4 Å². The van der Waals surface area contributed by atoms with Gasteiger partial charge in [-0.05, 0) is 31.4 Å². The molecule has 0 aromatic heterocycles. The molecule has 1 aliphatic rings. The SMILES string of the molecule is Cc1cccc(C(=O)NC2(CBr)CC2)c1O. The van der Waals surface area contributed by atoms with E-state index >= 15 is 0 Å². The minimum absolute atomic E-state index is 0.0744. The minimum atomic E-state index is -0.196. The number of amides is 1. The number of aromatic hydroxyl groups is 1. The number of alkyl halides is 1. The predicted molar refractivity (Wildman–Crippen MR) is 66.1 cm³/mol. The molecule has 1 aromatic carbocycles. The van der Waals surface area contributed by atoms with Crippen LogP contribution in [0.2, 0.25) is 0 Å². The van der Waals surface area contributed by atoms with E-state index in [1.54, 1.807) is 25.1 Å². The maximum Gasteiger partial charge on any atom is 0.255 e. The third-order valence-corrected chi connectivity index (χ3v) is 4.04. The van der Waals surface area contributed by atoms with Crippen molar-refractivity contribution in [1.29, 1.82) is 0 Å². The molecular weight excluding hydrogens is 270 g/mol. The number of halogens is 1. The first-order valence-electron chi connectivity index (χ1n) is 5.25. The van der Waals surface area contributed by atoms with Gasteiger partial charge in [0.1, 0.15) is 5.75 Å². The summed E-state index contributed by atoms with van der Waals surface area (Å²) in [7, 11) is 0. The number of carbonyl (C=O) groups excluding carboxylic acids is 1. The fourth-order valence-electron chi connectivity index (χ4n) is 1.59. The fraction of sp³-hybridized carbons (Fsp3) is 0.417. The molecule has 0 heterocycles. The number of benzene rings is 1. The molecule has 4 heteroatoms. The fourth-order valence-corrected chi connectivity index (χ4v) is 2.29. The Labute approximate surface area is 103 Å². The van der Waals surface area contributed by atoms with Crippen LogP contribution in [0.4, 0.5) is 0 Å². The standard InChI is InChI=1S/C12H14BrNO2/c1-8-3-2-4-9(10(8)15)11(16)14-12(7-13)5-6-12/h2-4,15H,5-7H2,1H3,(H,14,16). The number of carbonyl (C=O) groups is 1. The van der Waals surface area contributed by atoms with Crippen LogP contribution in [-0.4, -0.2) is 21.9 Å². The van der Waals surface area contributed by atoms with Crippen LogP contribution in [-0.2, 0) is 0 Å². The van der Waals surface area contributed by atoms with Crippen LogP contribution >= 0.6 is 15.9 Å². The van der Waals surface area contributed by atoms with Gasteiger partial charge in [-0.3, -0.25) is 4.79 Å². The maximum atomic E-state index is 11.9. The van der Waals surface area contributed by atoms with E-state index in [0.29, 0.717) is 5.56 Å². The molecule has 16 heavy (non-hydrogen) atoms. The number of para-hydroxylation sites is 1. The molecule has 1 aliphatic carbocycles. The molecule has 2 N–H and O–H groups in total. The lowest BCUT2D eigenvalue weighted by molar-refractivity contribution is 0.0933. The quantitative estimate of drug-likeness (QED) is 0.837. The number of aryl methyl sites for hydroxylation is 1. The highest BCUT2D eigenvalue weighted by Gasteiger charge is 2.43. The zero-order chi connectivity index (χ0) is 11.8. The Balaban J connectivity index is 2.18. The van der Waals surface area contributed by atoms with Gasteiger partial charge in [-0.2, -0.15) is 0 Å². The van der Waals surface area contributed by atoms with Gasteiger partial charge >= 0.3 is 0 Å². The zero-order valence-electron chi connectivity index (χ0n) is 9.09. The smallest absolute Gasteiger partial charge is 0.255 e. The Bertz CT molecular complexity index is 427. The van der Waals surface area contributed by atoms with Gasteiger partial charge in [0, 0.05) is 5.33 Å². The summed E-state index contributed by atoms with van der Waals surface area (Å²) >= 11 is 3.39. The summed E-state index contributed by atoms with van der Waals surface area (Å²) in [6.07, 6.45) is 1.99. The predicted octanol–water partition coefficient (Wildman–Crippen LogP) is 2.36. The van der Waals surface area contributed by atoms with Crippen molar-refractivity contribution >= 4 is 21.8 Å². The summed E-state index contributed by atoms with van der Waals surface area (Å²) in [6, 6.07) is 5.20. The largest absolute Gasteiger partial charge is 0.507 e. The Morgan fingerprint density at radius 3 is 2.81 bits per heavy atom.